The van der Waals surface area contributed by atoms with E-state index in [1.165, 1.54) is 10.5 Å². The van der Waals surface area contributed by atoms with Crippen LogP contribution in [0.2, 0.25) is 18.1 Å². The molecular formula is C45H73O9PSSi. The quantitative estimate of drug-likeness (QED) is 0.0227. The molecule has 0 saturated carbocycles. The van der Waals surface area contributed by atoms with Gasteiger partial charge in [0, 0.05) is 10.1 Å². The van der Waals surface area contributed by atoms with Gasteiger partial charge in [0.05, 0.1) is 38.6 Å². The molecule has 0 aliphatic carbocycles. The molecule has 0 amide bonds. The van der Waals surface area contributed by atoms with Gasteiger partial charge in [-0.25, -0.2) is 0 Å². The first-order valence-corrected chi connectivity index (χ1v) is 26.5. The van der Waals surface area contributed by atoms with Gasteiger partial charge in [-0.15, -0.1) is 11.8 Å². The first-order chi connectivity index (χ1) is 26.9. The highest BCUT2D eigenvalue weighted by molar-refractivity contribution is 8.00. The van der Waals surface area contributed by atoms with Gasteiger partial charge in [0.1, 0.15) is 18.4 Å². The van der Waals surface area contributed by atoms with Gasteiger partial charge in [0.2, 0.25) is 0 Å². The molecule has 0 aromatic heterocycles. The maximum absolute atomic E-state index is 12.7. The molecule has 0 bridgehead atoms. The van der Waals surface area contributed by atoms with Crippen LogP contribution in [0.15, 0.2) is 71.6 Å². The van der Waals surface area contributed by atoms with Gasteiger partial charge in [-0.2, -0.15) is 0 Å². The molecule has 0 radical (unpaired) electrons. The van der Waals surface area contributed by atoms with Crippen LogP contribution in [0.3, 0.4) is 0 Å². The highest BCUT2D eigenvalue weighted by Gasteiger charge is 2.51. The van der Waals surface area contributed by atoms with Crippen molar-refractivity contribution in [1.82, 2.24) is 0 Å². The van der Waals surface area contributed by atoms with E-state index in [0.717, 1.165) is 50.5 Å². The number of hydrogen-bond acceptors (Lipinski definition) is 10. The van der Waals surface area contributed by atoms with Crippen LogP contribution in [0.4, 0.5) is 0 Å². The summed E-state index contributed by atoms with van der Waals surface area (Å²) in [6.45, 7) is 24.2. The van der Waals surface area contributed by atoms with E-state index < -0.39 is 27.7 Å². The average molecular weight is 849 g/mol. The summed E-state index contributed by atoms with van der Waals surface area (Å²) in [5.41, 5.74) is 2.36. The minimum atomic E-state index is -3.46. The maximum Gasteiger partial charge on any atom is 0.341 e. The Kier molecular flexibility index (Phi) is 20.7. The molecule has 322 valence electrons. The lowest BCUT2D eigenvalue weighted by molar-refractivity contribution is -0.157. The summed E-state index contributed by atoms with van der Waals surface area (Å²) in [5.74, 6) is -1.32. The van der Waals surface area contributed by atoms with E-state index in [1.54, 1.807) is 13.8 Å². The van der Waals surface area contributed by atoms with E-state index in [9.17, 15) is 9.36 Å². The molecule has 1 saturated heterocycles. The lowest BCUT2D eigenvalue weighted by Crippen LogP contribution is -2.52. The number of thioether (sulfide) groups is 1. The number of aryl methyl sites for hydroxylation is 1. The monoisotopic (exact) mass is 848 g/mol. The predicted molar refractivity (Wildman–Crippen MR) is 236 cm³/mol. The first-order valence-electron chi connectivity index (χ1n) is 21.0. The van der Waals surface area contributed by atoms with Crippen LogP contribution in [0, 0.1) is 6.92 Å². The third-order valence-electron chi connectivity index (χ3n) is 10.4. The van der Waals surface area contributed by atoms with E-state index in [-0.39, 0.29) is 54.1 Å². The van der Waals surface area contributed by atoms with Crippen LogP contribution in [0.5, 0.6) is 0 Å². The van der Waals surface area contributed by atoms with Crippen molar-refractivity contribution in [2.45, 2.75) is 172 Å². The standard InChI is InChI=1S/C45H73O9PSSi/c1-12-49-55(47,50-13-2)34-41(46)51-36(4)24-20-17-15-14-16-18-23-27-40(56-38-30-28-35(3)29-31-38)43-42(52-45(8,9)53-43)39(54-57(10,11)44(5,6)7)33-48-32-37-25-21-19-22-26-37/h18-19,21-23,25-26,28-31,36,39-40,42-43H,12-17,20,24,27,32-34H2,1-11H3/b23-18+/t36-,39-,40?,42-,43+/m0/s1. The summed E-state index contributed by atoms with van der Waals surface area (Å²) >= 11 is 1.84. The molecule has 1 heterocycles. The topological polar surface area (TPSA) is 98.8 Å². The van der Waals surface area contributed by atoms with Crippen molar-refractivity contribution in [3.63, 3.8) is 0 Å². The van der Waals surface area contributed by atoms with Gasteiger partial charge in [-0.1, -0.05) is 93.8 Å². The molecule has 2 aromatic rings. The number of carbonyl (C=O) groups is 1. The molecule has 1 aliphatic rings. The Morgan fingerprint density at radius 3 is 2.19 bits per heavy atom. The molecule has 1 aliphatic heterocycles. The molecule has 1 unspecified atom stereocenters. The third kappa shape index (κ3) is 17.8. The number of carbonyl (C=O) groups excluding carboxylic acids is 1. The number of esters is 1. The Hall–Kier alpha value is -1.79. The van der Waals surface area contributed by atoms with Crippen molar-refractivity contribution >= 4 is 33.6 Å². The Bertz CT molecular complexity index is 1520. The lowest BCUT2D eigenvalue weighted by atomic mass is 10.0. The van der Waals surface area contributed by atoms with Gasteiger partial charge < -0.3 is 32.4 Å². The maximum atomic E-state index is 12.7. The lowest BCUT2D eigenvalue weighted by Gasteiger charge is -2.41. The minimum Gasteiger partial charge on any atom is -0.462 e. The summed E-state index contributed by atoms with van der Waals surface area (Å²) in [6, 6.07) is 19.0. The second-order valence-corrected chi connectivity index (χ2v) is 25.2. The third-order valence-corrected chi connectivity index (χ3v) is 18.2. The number of unbranched alkanes of at least 4 members (excludes halogenated alkanes) is 4. The number of allylic oxidation sites excluding steroid dienone is 2. The van der Waals surface area contributed by atoms with Crippen molar-refractivity contribution < 1.29 is 41.8 Å². The Morgan fingerprint density at radius 2 is 1.56 bits per heavy atom. The molecule has 0 spiro atoms. The predicted octanol–water partition coefficient (Wildman–Crippen LogP) is 12.1. The zero-order valence-corrected chi connectivity index (χ0v) is 39.5. The molecule has 9 nitrogen and oxygen atoms in total. The summed E-state index contributed by atoms with van der Waals surface area (Å²) < 4.78 is 55.8. The summed E-state index contributed by atoms with van der Waals surface area (Å²) in [5, 5.41) is 0.0930. The van der Waals surface area contributed by atoms with Crippen LogP contribution in [-0.4, -0.2) is 75.7 Å². The fourth-order valence-electron chi connectivity index (χ4n) is 6.45. The molecule has 2 aromatic carbocycles. The number of ether oxygens (including phenoxy) is 4. The fourth-order valence-corrected chi connectivity index (χ4v) is 10.4. The number of rotatable bonds is 26. The molecule has 5 atom stereocenters. The van der Waals surface area contributed by atoms with Crippen molar-refractivity contribution in [1.29, 1.82) is 0 Å². The highest BCUT2D eigenvalue weighted by atomic mass is 32.2. The van der Waals surface area contributed by atoms with Crippen molar-refractivity contribution in [2.75, 3.05) is 26.0 Å². The molecule has 12 heteroatoms. The summed E-state index contributed by atoms with van der Waals surface area (Å²) in [6.07, 6.45) is 9.85. The van der Waals surface area contributed by atoms with Crippen molar-refractivity contribution in [3.05, 3.63) is 77.9 Å². The number of hydrogen-bond donors (Lipinski definition) is 0. The van der Waals surface area contributed by atoms with Crippen LogP contribution < -0.4 is 0 Å². The van der Waals surface area contributed by atoms with Crippen LogP contribution in [-0.2, 0) is 48.4 Å². The second-order valence-electron chi connectivity index (χ2n) is 17.1. The minimum absolute atomic E-state index is 0.0138. The second kappa shape index (κ2) is 23.9. The summed E-state index contributed by atoms with van der Waals surface area (Å²) in [7, 11) is -5.67. The van der Waals surface area contributed by atoms with Crippen LogP contribution >= 0.6 is 19.4 Å². The smallest absolute Gasteiger partial charge is 0.341 e. The number of benzene rings is 2. The largest absolute Gasteiger partial charge is 0.462 e. The van der Waals surface area contributed by atoms with Crippen LogP contribution in [0.1, 0.15) is 111 Å². The molecule has 3 rings (SSSR count). The van der Waals surface area contributed by atoms with Gasteiger partial charge >= 0.3 is 13.6 Å². The molecular weight excluding hydrogens is 776 g/mol. The van der Waals surface area contributed by atoms with E-state index >= 15 is 0 Å². The zero-order chi connectivity index (χ0) is 42.1. The SMILES string of the molecule is CCOP(=O)(CC(=O)O[C@@H](C)CCCCCC/C=C/CC(Sc1ccc(C)cc1)[C@H]1OC(C)(C)O[C@H]1[C@H](COCc1ccccc1)O[Si](C)(C)C(C)(C)C)OCC. The Morgan fingerprint density at radius 1 is 0.930 bits per heavy atom. The van der Waals surface area contributed by atoms with E-state index in [0.29, 0.717) is 13.2 Å². The highest BCUT2D eigenvalue weighted by Crippen LogP contribution is 2.48. The first kappa shape index (κ1) is 49.6. The zero-order valence-electron chi connectivity index (χ0n) is 36.8. The molecule has 0 N–H and O–H groups in total. The van der Waals surface area contributed by atoms with Crippen LogP contribution in [0.25, 0.3) is 0 Å². The van der Waals surface area contributed by atoms with Gasteiger partial charge in [-0.05, 0) is 109 Å². The Labute approximate surface area is 350 Å². The van der Waals surface area contributed by atoms with Crippen molar-refractivity contribution in [3.8, 4) is 0 Å². The van der Waals surface area contributed by atoms with E-state index in [2.05, 4.69) is 89.3 Å². The van der Waals surface area contributed by atoms with E-state index in [4.69, 9.17) is 32.4 Å². The van der Waals surface area contributed by atoms with Gasteiger partial charge in [-0.3, -0.25) is 9.36 Å². The fraction of sp³-hybridized carbons (Fsp3) is 0.667. The van der Waals surface area contributed by atoms with Gasteiger partial charge in [0.25, 0.3) is 0 Å². The van der Waals surface area contributed by atoms with Crippen molar-refractivity contribution in [2.24, 2.45) is 0 Å². The summed E-state index contributed by atoms with van der Waals surface area (Å²) in [4.78, 5) is 13.6. The normalized spacial score (nSPS) is 19.1. The Balaban J connectivity index is 1.64. The average Bonchev–Trinajstić information content (AvgIpc) is 3.45. The van der Waals surface area contributed by atoms with Gasteiger partial charge in [0.15, 0.2) is 14.1 Å². The molecule has 57 heavy (non-hydrogen) atoms. The van der Waals surface area contributed by atoms with E-state index in [1.807, 2.05) is 50.7 Å². The molecule has 1 fully saturated rings.